The minimum absolute atomic E-state index is 0.0288. The van der Waals surface area contributed by atoms with E-state index in [0.717, 1.165) is 0 Å². The van der Waals surface area contributed by atoms with E-state index >= 15 is 0 Å². The number of nitrogens with one attached hydrogen (secondary N) is 1. The molecule has 1 aromatic heterocycles. The summed E-state index contributed by atoms with van der Waals surface area (Å²) in [6, 6.07) is 9.05. The highest BCUT2D eigenvalue weighted by atomic mass is 19.1. The first kappa shape index (κ1) is 13.1. The molecule has 0 aliphatic rings. The summed E-state index contributed by atoms with van der Waals surface area (Å²) in [5.41, 5.74) is 0.812. The van der Waals surface area contributed by atoms with Crippen LogP contribution < -0.4 is 5.90 Å². The number of nitriles is 1. The number of para-hydroxylation sites is 1. The van der Waals surface area contributed by atoms with Gasteiger partial charge in [-0.25, -0.2) is 9.18 Å². The first-order valence-electron chi connectivity index (χ1n) is 6.13. The second kappa shape index (κ2) is 4.58. The summed E-state index contributed by atoms with van der Waals surface area (Å²) in [6.07, 6.45) is 0. The summed E-state index contributed by atoms with van der Waals surface area (Å²) >= 11 is 0. The van der Waals surface area contributed by atoms with Crippen molar-refractivity contribution in [3.63, 3.8) is 0 Å². The van der Waals surface area contributed by atoms with Crippen molar-refractivity contribution in [2.75, 3.05) is 0 Å². The monoisotopic (exact) mass is 283 g/mol. The fourth-order valence-electron chi connectivity index (χ4n) is 2.60. The fourth-order valence-corrected chi connectivity index (χ4v) is 2.60. The topological polar surface area (TPSA) is 91.9 Å². The highest BCUT2D eigenvalue weighted by Crippen LogP contribution is 2.34. The number of aromatic amines is 1. The lowest BCUT2D eigenvalue weighted by Crippen LogP contribution is -2.14. The van der Waals surface area contributed by atoms with Crippen LogP contribution in [-0.2, 0) is 4.84 Å². The van der Waals surface area contributed by atoms with Crippen LogP contribution in [0.1, 0.15) is 21.5 Å². The number of hydrogen-bond donors (Lipinski definition) is 2. The third-order valence-corrected chi connectivity index (χ3v) is 3.55. The minimum atomic E-state index is -0.935. The molecule has 3 N–H and O–H groups in total. The van der Waals surface area contributed by atoms with Gasteiger partial charge in [0.05, 0.1) is 16.6 Å². The van der Waals surface area contributed by atoms with Gasteiger partial charge in [-0.2, -0.15) is 11.2 Å². The third-order valence-electron chi connectivity index (χ3n) is 3.55. The average molecular weight is 283 g/mol. The van der Waals surface area contributed by atoms with Gasteiger partial charge < -0.3 is 9.82 Å². The van der Waals surface area contributed by atoms with Gasteiger partial charge in [0.1, 0.15) is 6.07 Å². The van der Waals surface area contributed by atoms with E-state index in [4.69, 9.17) is 5.90 Å². The van der Waals surface area contributed by atoms with E-state index < -0.39 is 11.8 Å². The number of halogens is 1. The van der Waals surface area contributed by atoms with Gasteiger partial charge in [0.25, 0.3) is 0 Å². The maximum Gasteiger partial charge on any atom is 0.358 e. The van der Waals surface area contributed by atoms with Crippen LogP contribution in [0.5, 0.6) is 0 Å². The van der Waals surface area contributed by atoms with Crippen LogP contribution in [-0.4, -0.2) is 11.0 Å². The van der Waals surface area contributed by atoms with Gasteiger partial charge >= 0.3 is 5.97 Å². The number of nitrogens with zero attached hydrogens (tertiary/aromatic N) is 1. The molecule has 0 unspecified atom stereocenters. The number of nitrogens with two attached hydrogens (primary N) is 1. The van der Waals surface area contributed by atoms with Crippen LogP contribution in [0.3, 0.4) is 0 Å². The van der Waals surface area contributed by atoms with Crippen molar-refractivity contribution in [3.8, 4) is 6.07 Å². The van der Waals surface area contributed by atoms with Crippen LogP contribution >= 0.6 is 0 Å². The molecule has 0 aliphatic carbocycles. The zero-order chi connectivity index (χ0) is 15.1. The molecular weight excluding hydrogens is 273 g/mol. The number of benzene rings is 2. The summed E-state index contributed by atoms with van der Waals surface area (Å²) in [5.74, 6) is 3.36. The van der Waals surface area contributed by atoms with Crippen LogP contribution in [0.15, 0.2) is 24.3 Å². The molecule has 0 spiro atoms. The average Bonchev–Trinajstić information content (AvgIpc) is 2.89. The van der Waals surface area contributed by atoms with Crippen molar-refractivity contribution in [1.82, 2.24) is 4.98 Å². The zero-order valence-electron chi connectivity index (χ0n) is 11.0. The van der Waals surface area contributed by atoms with Gasteiger partial charge in [0.15, 0.2) is 5.82 Å². The predicted molar refractivity (Wildman–Crippen MR) is 74.8 cm³/mol. The molecule has 0 bridgehead atoms. The highest BCUT2D eigenvalue weighted by molar-refractivity contribution is 6.14. The van der Waals surface area contributed by atoms with E-state index in [-0.39, 0.29) is 22.2 Å². The van der Waals surface area contributed by atoms with Gasteiger partial charge in [-0.15, -0.1) is 0 Å². The van der Waals surface area contributed by atoms with Crippen molar-refractivity contribution in [3.05, 3.63) is 46.8 Å². The van der Waals surface area contributed by atoms with E-state index in [2.05, 4.69) is 9.82 Å². The summed E-state index contributed by atoms with van der Waals surface area (Å²) in [4.78, 5) is 18.9. The Kier molecular flexibility index (Phi) is 2.85. The second-order valence-corrected chi connectivity index (χ2v) is 4.63. The van der Waals surface area contributed by atoms with Crippen LogP contribution in [0.25, 0.3) is 21.8 Å². The van der Waals surface area contributed by atoms with Crippen molar-refractivity contribution in [1.29, 1.82) is 5.26 Å². The number of carbonyl (C=O) groups is 1. The van der Waals surface area contributed by atoms with Gasteiger partial charge in [-0.1, -0.05) is 18.2 Å². The molecule has 6 heteroatoms. The molecule has 0 saturated heterocycles. The van der Waals surface area contributed by atoms with E-state index in [1.807, 2.05) is 6.07 Å². The van der Waals surface area contributed by atoms with E-state index in [9.17, 15) is 14.4 Å². The van der Waals surface area contributed by atoms with Crippen LogP contribution in [0.4, 0.5) is 4.39 Å². The van der Waals surface area contributed by atoms with Gasteiger partial charge in [0, 0.05) is 21.9 Å². The Morgan fingerprint density at radius 2 is 2.14 bits per heavy atom. The van der Waals surface area contributed by atoms with E-state index in [0.29, 0.717) is 16.3 Å². The summed E-state index contributed by atoms with van der Waals surface area (Å²) < 4.78 is 14.5. The lowest BCUT2D eigenvalue weighted by Gasteiger charge is -2.08. The quantitative estimate of drug-likeness (QED) is 0.671. The van der Waals surface area contributed by atoms with Crippen LogP contribution in [0, 0.1) is 24.1 Å². The standard InChI is InChI=1S/C15H10FN3O2/c1-7-11(15(20)21-18)9(6-17)12-8-4-2-3-5-10(8)19-14(12)13(7)16/h2-5,19H,18H2,1H3. The zero-order valence-corrected chi connectivity index (χ0v) is 11.0. The number of carbonyl (C=O) groups excluding carboxylic acids is 1. The van der Waals surface area contributed by atoms with Crippen molar-refractivity contribution >= 4 is 27.8 Å². The Hall–Kier alpha value is -2.91. The van der Waals surface area contributed by atoms with Crippen molar-refractivity contribution in [2.24, 2.45) is 5.90 Å². The number of rotatable bonds is 1. The number of H-pyrrole nitrogens is 1. The van der Waals surface area contributed by atoms with Crippen molar-refractivity contribution < 1.29 is 14.0 Å². The maximum absolute atomic E-state index is 14.5. The van der Waals surface area contributed by atoms with E-state index in [1.165, 1.54) is 6.92 Å². The molecule has 21 heavy (non-hydrogen) atoms. The third kappa shape index (κ3) is 1.68. The van der Waals surface area contributed by atoms with Gasteiger partial charge in [0.2, 0.25) is 0 Å². The largest absolute Gasteiger partial charge is 0.370 e. The minimum Gasteiger partial charge on any atom is -0.370 e. The molecular formula is C15H10FN3O2. The predicted octanol–water partition coefficient (Wildman–Crippen LogP) is 2.67. The molecule has 0 aliphatic heterocycles. The smallest absolute Gasteiger partial charge is 0.358 e. The Morgan fingerprint density at radius 1 is 1.43 bits per heavy atom. The molecule has 1 heterocycles. The Balaban J connectivity index is 2.62. The first-order valence-corrected chi connectivity index (χ1v) is 6.13. The summed E-state index contributed by atoms with van der Waals surface area (Å²) in [7, 11) is 0. The number of aromatic nitrogens is 1. The second-order valence-electron chi connectivity index (χ2n) is 4.63. The molecule has 0 saturated carbocycles. The maximum atomic E-state index is 14.5. The normalized spacial score (nSPS) is 10.8. The molecule has 2 aromatic carbocycles. The first-order chi connectivity index (χ1) is 10.1. The van der Waals surface area contributed by atoms with E-state index in [1.54, 1.807) is 24.3 Å². The Labute approximate surface area is 118 Å². The fraction of sp³-hybridized carbons (Fsp3) is 0.0667. The lowest BCUT2D eigenvalue weighted by molar-refractivity contribution is 0.0502. The van der Waals surface area contributed by atoms with Gasteiger partial charge in [-0.05, 0) is 13.0 Å². The molecule has 3 aromatic rings. The summed E-state index contributed by atoms with van der Waals surface area (Å²) in [6.45, 7) is 1.41. The SMILES string of the molecule is Cc1c(C(=O)ON)c(C#N)c2c([nH]c3ccccc32)c1F. The lowest BCUT2D eigenvalue weighted by atomic mass is 9.96. The molecule has 0 atom stereocenters. The van der Waals surface area contributed by atoms with Gasteiger partial charge in [-0.3, -0.25) is 0 Å². The molecule has 0 radical (unpaired) electrons. The Bertz CT molecular complexity index is 938. The number of hydrogen-bond acceptors (Lipinski definition) is 4. The Morgan fingerprint density at radius 3 is 2.81 bits per heavy atom. The molecule has 0 fully saturated rings. The van der Waals surface area contributed by atoms with Crippen molar-refractivity contribution in [2.45, 2.75) is 6.92 Å². The molecule has 3 rings (SSSR count). The molecule has 5 nitrogen and oxygen atoms in total. The number of fused-ring (bicyclic) bond motifs is 3. The van der Waals surface area contributed by atoms with Crippen LogP contribution in [0.2, 0.25) is 0 Å². The molecule has 104 valence electrons. The highest BCUT2D eigenvalue weighted by Gasteiger charge is 2.25. The summed E-state index contributed by atoms with van der Waals surface area (Å²) in [5, 5.41) is 10.4. The molecule has 0 amide bonds.